The molecule has 146 valence electrons. The van der Waals surface area contributed by atoms with E-state index >= 15 is 0 Å². The second-order valence-electron chi connectivity index (χ2n) is 6.29. The van der Waals surface area contributed by atoms with Gasteiger partial charge in [-0.25, -0.2) is 0 Å². The van der Waals surface area contributed by atoms with E-state index in [1.807, 2.05) is 0 Å². The number of aliphatic hydroxyl groups excluding tert-OH is 6. The van der Waals surface area contributed by atoms with Gasteiger partial charge in [-0.05, 0) is 6.92 Å². The largest absolute Gasteiger partial charge is 0.388 e. The number of carbonyl (C=O) groups is 1. The number of hydrogen-bond donors (Lipinski definition) is 7. The maximum Gasteiger partial charge on any atom is 0.217 e. The number of hydrogen-bond acceptors (Lipinski definition) is 10. The highest BCUT2D eigenvalue weighted by Gasteiger charge is 2.46. The monoisotopic (exact) mass is 367 g/mol. The van der Waals surface area contributed by atoms with Crippen LogP contribution in [0.4, 0.5) is 0 Å². The van der Waals surface area contributed by atoms with Crippen molar-refractivity contribution in [2.24, 2.45) is 0 Å². The maximum atomic E-state index is 11.1. The summed E-state index contributed by atoms with van der Waals surface area (Å²) in [6.07, 6.45) is -12.2. The average molecular weight is 367 g/mol. The summed E-state index contributed by atoms with van der Waals surface area (Å²) in [6, 6.07) is -1.21. The Hall–Kier alpha value is -0.890. The zero-order chi connectivity index (χ0) is 18.9. The van der Waals surface area contributed by atoms with Crippen LogP contribution >= 0.6 is 0 Å². The van der Waals surface area contributed by atoms with Crippen LogP contribution in [0.5, 0.6) is 0 Å². The predicted octanol–water partition coefficient (Wildman–Crippen LogP) is -4.23. The highest BCUT2D eigenvalue weighted by Crippen LogP contribution is 2.24. The first-order valence-electron chi connectivity index (χ1n) is 7.91. The molecule has 25 heavy (non-hydrogen) atoms. The van der Waals surface area contributed by atoms with E-state index in [0.29, 0.717) is 0 Å². The molecule has 2 saturated heterocycles. The van der Waals surface area contributed by atoms with Crippen molar-refractivity contribution < 1.29 is 49.6 Å². The minimum absolute atomic E-state index is 0.390. The summed E-state index contributed by atoms with van der Waals surface area (Å²) in [7, 11) is 0. The van der Waals surface area contributed by atoms with Crippen molar-refractivity contribution >= 4 is 5.91 Å². The first-order chi connectivity index (χ1) is 11.6. The van der Waals surface area contributed by atoms with Gasteiger partial charge in [0.2, 0.25) is 5.91 Å². The normalized spacial score (nSPS) is 48.2. The Morgan fingerprint density at radius 2 is 1.60 bits per heavy atom. The Morgan fingerprint density at radius 1 is 0.960 bits per heavy atom. The van der Waals surface area contributed by atoms with Crippen LogP contribution in [-0.4, -0.2) is 105 Å². The van der Waals surface area contributed by atoms with Crippen LogP contribution in [0.15, 0.2) is 0 Å². The van der Waals surface area contributed by atoms with Gasteiger partial charge in [-0.15, -0.1) is 0 Å². The molecule has 7 N–H and O–H groups in total. The zero-order valence-corrected chi connectivity index (χ0v) is 13.8. The van der Waals surface area contributed by atoms with Gasteiger partial charge in [-0.1, -0.05) is 0 Å². The Labute approximate surface area is 143 Å². The minimum atomic E-state index is -1.58. The smallest absolute Gasteiger partial charge is 0.217 e. The van der Waals surface area contributed by atoms with Gasteiger partial charge in [0.25, 0.3) is 0 Å². The van der Waals surface area contributed by atoms with Gasteiger partial charge in [0, 0.05) is 6.92 Å². The second-order valence-corrected chi connectivity index (χ2v) is 6.29. The highest BCUT2D eigenvalue weighted by atomic mass is 16.7. The lowest BCUT2D eigenvalue weighted by molar-refractivity contribution is -0.313. The third kappa shape index (κ3) is 4.45. The van der Waals surface area contributed by atoms with E-state index in [1.165, 1.54) is 13.8 Å². The lowest BCUT2D eigenvalue weighted by Crippen LogP contribution is -2.64. The molecule has 10 atom stereocenters. The highest BCUT2D eigenvalue weighted by molar-refractivity contribution is 5.73. The van der Waals surface area contributed by atoms with Crippen molar-refractivity contribution in [3.63, 3.8) is 0 Å². The fourth-order valence-electron chi connectivity index (χ4n) is 2.82. The molecule has 0 aliphatic carbocycles. The molecule has 0 aromatic carbocycles. The standard InChI is InChI=1S/C14H25NO10/c1-4-8(17)11(20)12(21)14(24-4)23-3-6-9(18)10(19)7(13(22)25-6)15-5(2)16/h4,6-14,17-22H,3H2,1-2H3,(H,15,16)/t4-,6-,7-,8+,9-,10-,11+,12-,13+,14+/m1/s1. The van der Waals surface area contributed by atoms with Crippen LogP contribution in [0.1, 0.15) is 13.8 Å². The van der Waals surface area contributed by atoms with Gasteiger partial charge in [-0.2, -0.15) is 0 Å². The molecule has 2 heterocycles. The third-order valence-corrected chi connectivity index (χ3v) is 4.32. The summed E-state index contributed by atoms with van der Waals surface area (Å²) in [5.41, 5.74) is 0. The van der Waals surface area contributed by atoms with Crippen molar-refractivity contribution in [2.45, 2.75) is 75.2 Å². The van der Waals surface area contributed by atoms with Gasteiger partial charge in [0.05, 0.1) is 12.7 Å². The summed E-state index contributed by atoms with van der Waals surface area (Å²) in [5.74, 6) is -0.520. The van der Waals surface area contributed by atoms with Gasteiger partial charge in [-0.3, -0.25) is 4.79 Å². The number of amides is 1. The minimum Gasteiger partial charge on any atom is -0.388 e. The fraction of sp³-hybridized carbons (Fsp3) is 0.929. The van der Waals surface area contributed by atoms with E-state index in [-0.39, 0.29) is 6.61 Å². The average Bonchev–Trinajstić information content (AvgIpc) is 2.55. The molecule has 11 heteroatoms. The van der Waals surface area contributed by atoms with E-state index in [2.05, 4.69) is 5.32 Å². The van der Waals surface area contributed by atoms with Crippen LogP contribution in [0.3, 0.4) is 0 Å². The zero-order valence-electron chi connectivity index (χ0n) is 13.8. The van der Waals surface area contributed by atoms with Crippen molar-refractivity contribution in [3.05, 3.63) is 0 Å². The first-order valence-corrected chi connectivity index (χ1v) is 7.91. The van der Waals surface area contributed by atoms with E-state index in [0.717, 1.165) is 0 Å². The molecule has 0 aromatic rings. The number of ether oxygens (including phenoxy) is 3. The van der Waals surface area contributed by atoms with Gasteiger partial charge >= 0.3 is 0 Å². The molecular formula is C14H25NO10. The summed E-state index contributed by atoms with van der Waals surface area (Å²) in [6.45, 7) is 2.27. The van der Waals surface area contributed by atoms with Crippen molar-refractivity contribution in [1.82, 2.24) is 5.32 Å². The van der Waals surface area contributed by atoms with Crippen molar-refractivity contribution in [1.29, 1.82) is 0 Å². The molecule has 2 aliphatic heterocycles. The summed E-state index contributed by atoms with van der Waals surface area (Å²) in [5, 5.41) is 61.4. The summed E-state index contributed by atoms with van der Waals surface area (Å²) < 4.78 is 15.6. The van der Waals surface area contributed by atoms with Gasteiger partial charge in [0.1, 0.15) is 42.7 Å². The SMILES string of the molecule is CC(=O)N[C@@H]1[C@@H](O)[C@H](O)[C@@H](CO[C@H]2O[C@H](C)[C@H](O)[C@H](O)[C@H]2O)O[C@@H]1O. The van der Waals surface area contributed by atoms with Crippen LogP contribution in [0.25, 0.3) is 0 Å². The second kappa shape index (κ2) is 8.20. The summed E-state index contributed by atoms with van der Waals surface area (Å²) >= 11 is 0. The summed E-state index contributed by atoms with van der Waals surface area (Å²) in [4.78, 5) is 11.1. The van der Waals surface area contributed by atoms with Gasteiger partial charge < -0.3 is 50.2 Å². The molecule has 2 rings (SSSR count). The van der Waals surface area contributed by atoms with E-state index in [1.54, 1.807) is 0 Å². The Bertz CT molecular complexity index is 465. The molecule has 0 aromatic heterocycles. The topological polar surface area (TPSA) is 178 Å². The Balaban J connectivity index is 1.94. The quantitative estimate of drug-likeness (QED) is 0.257. The number of nitrogens with one attached hydrogen (secondary N) is 1. The maximum absolute atomic E-state index is 11.1. The molecule has 0 bridgehead atoms. The molecule has 2 aliphatic rings. The molecular weight excluding hydrogens is 342 g/mol. The Kier molecular flexibility index (Phi) is 6.70. The van der Waals surface area contributed by atoms with E-state index < -0.39 is 67.3 Å². The molecule has 0 unspecified atom stereocenters. The lowest BCUT2D eigenvalue weighted by Gasteiger charge is -2.42. The van der Waals surface area contributed by atoms with Crippen molar-refractivity contribution in [3.8, 4) is 0 Å². The molecule has 0 spiro atoms. The third-order valence-electron chi connectivity index (χ3n) is 4.32. The van der Waals surface area contributed by atoms with E-state index in [4.69, 9.17) is 14.2 Å². The number of rotatable bonds is 4. The van der Waals surface area contributed by atoms with E-state index in [9.17, 15) is 35.4 Å². The molecule has 1 amide bonds. The predicted molar refractivity (Wildman–Crippen MR) is 78.8 cm³/mol. The van der Waals surface area contributed by atoms with Crippen LogP contribution in [0, 0.1) is 0 Å². The van der Waals surface area contributed by atoms with Crippen LogP contribution in [0.2, 0.25) is 0 Å². The molecule has 0 saturated carbocycles. The Morgan fingerprint density at radius 3 is 2.20 bits per heavy atom. The van der Waals surface area contributed by atoms with Gasteiger partial charge in [0.15, 0.2) is 12.6 Å². The lowest BCUT2D eigenvalue weighted by atomic mass is 9.97. The molecule has 2 fully saturated rings. The first kappa shape index (κ1) is 20.4. The number of aliphatic hydroxyl groups is 6. The molecule has 11 nitrogen and oxygen atoms in total. The molecule has 0 radical (unpaired) electrons. The van der Waals surface area contributed by atoms with Crippen LogP contribution in [-0.2, 0) is 19.0 Å². The fourth-order valence-corrected chi connectivity index (χ4v) is 2.82. The van der Waals surface area contributed by atoms with Crippen molar-refractivity contribution in [2.75, 3.05) is 6.61 Å². The number of carbonyl (C=O) groups excluding carboxylic acids is 1. The van der Waals surface area contributed by atoms with Crippen LogP contribution < -0.4 is 5.32 Å².